The predicted octanol–water partition coefficient (Wildman–Crippen LogP) is 3.70. The molecule has 17 heavy (non-hydrogen) atoms. The van der Waals surface area contributed by atoms with Crippen LogP contribution in [0.15, 0.2) is 17.5 Å². The molecule has 0 aliphatic heterocycles. The van der Waals surface area contributed by atoms with Gasteiger partial charge in [-0.3, -0.25) is 5.32 Å². The zero-order valence-electron chi connectivity index (χ0n) is 10.2. The van der Waals surface area contributed by atoms with E-state index in [0.717, 1.165) is 6.54 Å². The Hall–Kier alpha value is -0.850. The molecule has 1 fully saturated rings. The average Bonchev–Trinajstić information content (AvgIpc) is 2.72. The summed E-state index contributed by atoms with van der Waals surface area (Å²) in [5.41, 5.74) is 0. The lowest BCUT2D eigenvalue weighted by molar-refractivity contribution is 0.370. The van der Waals surface area contributed by atoms with Crippen LogP contribution in [0.4, 0.5) is 0 Å². The average molecular weight is 248 g/mol. The zero-order valence-corrected chi connectivity index (χ0v) is 11.0. The normalized spacial score (nSPS) is 19.5. The van der Waals surface area contributed by atoms with Crippen LogP contribution in [0.25, 0.3) is 0 Å². The van der Waals surface area contributed by atoms with E-state index in [9.17, 15) is 5.26 Å². The van der Waals surface area contributed by atoms with Crippen LogP contribution in [0.5, 0.6) is 0 Å². The van der Waals surface area contributed by atoms with Gasteiger partial charge in [-0.2, -0.15) is 5.26 Å². The summed E-state index contributed by atoms with van der Waals surface area (Å²) < 4.78 is 0. The standard InChI is InChI=1S/C14H20N2S/c15-10-14(12-6-3-1-2-4-7-12)16-11-13-8-5-9-17-13/h5,8-9,12,14,16H,1-4,6-7,11H2. The molecule has 1 unspecified atom stereocenters. The lowest BCUT2D eigenvalue weighted by Crippen LogP contribution is -2.34. The van der Waals surface area contributed by atoms with E-state index in [2.05, 4.69) is 28.9 Å². The van der Waals surface area contributed by atoms with Gasteiger partial charge >= 0.3 is 0 Å². The monoisotopic (exact) mass is 248 g/mol. The van der Waals surface area contributed by atoms with Crippen molar-refractivity contribution in [3.8, 4) is 6.07 Å². The van der Waals surface area contributed by atoms with E-state index >= 15 is 0 Å². The molecule has 3 heteroatoms. The van der Waals surface area contributed by atoms with Crippen LogP contribution in [0.3, 0.4) is 0 Å². The molecule has 0 aromatic carbocycles. The highest BCUT2D eigenvalue weighted by Crippen LogP contribution is 2.25. The number of nitrogens with one attached hydrogen (secondary N) is 1. The first-order valence-electron chi connectivity index (χ1n) is 6.55. The third kappa shape index (κ3) is 3.83. The minimum Gasteiger partial charge on any atom is -0.297 e. The van der Waals surface area contributed by atoms with Crippen molar-refractivity contribution in [1.82, 2.24) is 5.32 Å². The molecule has 1 heterocycles. The molecule has 2 nitrogen and oxygen atoms in total. The second-order valence-electron chi connectivity index (χ2n) is 4.82. The molecule has 0 radical (unpaired) electrons. The quantitative estimate of drug-likeness (QED) is 0.825. The Kier molecular flexibility index (Phi) is 5.03. The number of hydrogen-bond donors (Lipinski definition) is 1. The van der Waals surface area contributed by atoms with Crippen molar-refractivity contribution in [2.45, 2.75) is 51.1 Å². The zero-order chi connectivity index (χ0) is 11.9. The van der Waals surface area contributed by atoms with Crippen LogP contribution in [0.2, 0.25) is 0 Å². The Labute approximate surface area is 108 Å². The Morgan fingerprint density at radius 1 is 1.35 bits per heavy atom. The van der Waals surface area contributed by atoms with Crippen molar-refractivity contribution in [3.05, 3.63) is 22.4 Å². The number of nitrogens with zero attached hydrogens (tertiary/aromatic N) is 1. The summed E-state index contributed by atoms with van der Waals surface area (Å²) >= 11 is 1.75. The summed E-state index contributed by atoms with van der Waals surface area (Å²) in [5.74, 6) is 0.558. The van der Waals surface area contributed by atoms with Gasteiger partial charge in [-0.25, -0.2) is 0 Å². The molecular formula is C14H20N2S. The second-order valence-corrected chi connectivity index (χ2v) is 5.85. The van der Waals surface area contributed by atoms with Gasteiger partial charge in [0.25, 0.3) is 0 Å². The molecule has 0 saturated heterocycles. The number of nitriles is 1. The maximum Gasteiger partial charge on any atom is 0.0984 e. The largest absolute Gasteiger partial charge is 0.297 e. The first kappa shape index (κ1) is 12.6. The lowest BCUT2D eigenvalue weighted by Gasteiger charge is -2.20. The second kappa shape index (κ2) is 6.78. The lowest BCUT2D eigenvalue weighted by atomic mass is 9.92. The summed E-state index contributed by atoms with van der Waals surface area (Å²) in [6.45, 7) is 0.840. The van der Waals surface area contributed by atoms with Crippen molar-refractivity contribution in [3.63, 3.8) is 0 Å². The summed E-state index contributed by atoms with van der Waals surface area (Å²) in [6, 6.07) is 6.68. The highest BCUT2D eigenvalue weighted by molar-refractivity contribution is 7.09. The van der Waals surface area contributed by atoms with E-state index in [4.69, 9.17) is 0 Å². The van der Waals surface area contributed by atoms with Gasteiger partial charge < -0.3 is 0 Å². The van der Waals surface area contributed by atoms with Crippen molar-refractivity contribution in [2.24, 2.45) is 5.92 Å². The Bertz CT molecular complexity index is 345. The third-order valence-electron chi connectivity index (χ3n) is 3.59. The van der Waals surface area contributed by atoms with Gasteiger partial charge in [-0.15, -0.1) is 11.3 Å². The molecule has 0 amide bonds. The molecule has 0 spiro atoms. The van der Waals surface area contributed by atoms with Gasteiger partial charge in [0.15, 0.2) is 0 Å². The molecular weight excluding hydrogens is 228 g/mol. The van der Waals surface area contributed by atoms with Crippen LogP contribution in [0.1, 0.15) is 43.4 Å². The maximum absolute atomic E-state index is 9.29. The van der Waals surface area contributed by atoms with Crippen LogP contribution in [-0.4, -0.2) is 6.04 Å². The van der Waals surface area contributed by atoms with Crippen LogP contribution in [-0.2, 0) is 6.54 Å². The van der Waals surface area contributed by atoms with Crippen LogP contribution < -0.4 is 5.32 Å². The fraction of sp³-hybridized carbons (Fsp3) is 0.643. The Morgan fingerprint density at radius 3 is 2.71 bits per heavy atom. The molecule has 1 aromatic heterocycles. The van der Waals surface area contributed by atoms with Crippen LogP contribution in [0, 0.1) is 17.2 Å². The number of rotatable bonds is 4. The predicted molar refractivity (Wildman–Crippen MR) is 71.8 cm³/mol. The smallest absolute Gasteiger partial charge is 0.0984 e. The highest BCUT2D eigenvalue weighted by Gasteiger charge is 2.21. The van der Waals surface area contributed by atoms with E-state index in [-0.39, 0.29) is 6.04 Å². The number of thiophene rings is 1. The summed E-state index contributed by atoms with van der Waals surface area (Å²) in [4.78, 5) is 1.32. The molecule has 92 valence electrons. The van der Waals surface area contributed by atoms with Crippen molar-refractivity contribution in [2.75, 3.05) is 0 Å². The molecule has 1 aromatic rings. The molecule has 1 atom stereocenters. The number of hydrogen-bond acceptors (Lipinski definition) is 3. The third-order valence-corrected chi connectivity index (χ3v) is 4.46. The highest BCUT2D eigenvalue weighted by atomic mass is 32.1. The minimum atomic E-state index is 0.0372. The summed E-state index contributed by atoms with van der Waals surface area (Å²) in [5, 5.41) is 14.8. The summed E-state index contributed by atoms with van der Waals surface area (Å²) in [6.07, 6.45) is 7.72. The minimum absolute atomic E-state index is 0.0372. The Morgan fingerprint density at radius 2 is 2.12 bits per heavy atom. The van der Waals surface area contributed by atoms with Crippen molar-refractivity contribution >= 4 is 11.3 Å². The van der Waals surface area contributed by atoms with E-state index in [0.29, 0.717) is 5.92 Å². The fourth-order valence-electron chi connectivity index (χ4n) is 2.59. The van der Waals surface area contributed by atoms with Gasteiger partial charge in [0.05, 0.1) is 12.1 Å². The fourth-order valence-corrected chi connectivity index (χ4v) is 3.24. The molecule has 2 rings (SSSR count). The maximum atomic E-state index is 9.29. The molecule has 1 aliphatic carbocycles. The SMILES string of the molecule is N#CC(NCc1cccs1)C1CCCCCC1. The first-order valence-corrected chi connectivity index (χ1v) is 7.43. The van der Waals surface area contributed by atoms with Crippen LogP contribution >= 0.6 is 11.3 Å². The summed E-state index contributed by atoms with van der Waals surface area (Å²) in [7, 11) is 0. The Balaban J connectivity index is 1.85. The van der Waals surface area contributed by atoms with Gasteiger partial charge in [0, 0.05) is 11.4 Å². The first-order chi connectivity index (χ1) is 8.40. The van der Waals surface area contributed by atoms with Gasteiger partial charge in [-0.05, 0) is 30.2 Å². The topological polar surface area (TPSA) is 35.8 Å². The van der Waals surface area contributed by atoms with Gasteiger partial charge in [0.2, 0.25) is 0 Å². The molecule has 1 aliphatic rings. The molecule has 0 bridgehead atoms. The van der Waals surface area contributed by atoms with E-state index in [1.165, 1.54) is 43.4 Å². The van der Waals surface area contributed by atoms with Crippen molar-refractivity contribution < 1.29 is 0 Å². The van der Waals surface area contributed by atoms with E-state index < -0.39 is 0 Å². The van der Waals surface area contributed by atoms with Gasteiger partial charge in [-0.1, -0.05) is 31.7 Å². The molecule has 1 N–H and O–H groups in total. The van der Waals surface area contributed by atoms with Crippen molar-refractivity contribution in [1.29, 1.82) is 5.26 Å². The van der Waals surface area contributed by atoms with Gasteiger partial charge in [0.1, 0.15) is 0 Å². The van der Waals surface area contributed by atoms with E-state index in [1.54, 1.807) is 11.3 Å². The molecule has 1 saturated carbocycles. The van der Waals surface area contributed by atoms with E-state index in [1.807, 2.05) is 0 Å².